The molecule has 1 aromatic heterocycles. The summed E-state index contributed by atoms with van der Waals surface area (Å²) in [4.78, 5) is 28.5. The third-order valence-corrected chi connectivity index (χ3v) is 4.34. The van der Waals surface area contributed by atoms with Crippen LogP contribution in [0.4, 0.5) is 8.78 Å². The van der Waals surface area contributed by atoms with Gasteiger partial charge in [-0.15, -0.1) is 0 Å². The first-order valence-corrected chi connectivity index (χ1v) is 9.14. The van der Waals surface area contributed by atoms with Crippen molar-refractivity contribution in [3.8, 4) is 11.1 Å². The summed E-state index contributed by atoms with van der Waals surface area (Å²) in [6.45, 7) is 1.50. The molecule has 0 aliphatic carbocycles. The number of nitrogens with zero attached hydrogens (tertiary/aromatic N) is 1. The van der Waals surface area contributed by atoms with Gasteiger partial charge in [0.2, 0.25) is 0 Å². The number of hydrogen-bond donors (Lipinski definition) is 2. The van der Waals surface area contributed by atoms with Gasteiger partial charge in [-0.05, 0) is 54.5 Å². The minimum atomic E-state index is -3.11. The number of hydrazine groups is 1. The predicted molar refractivity (Wildman–Crippen MR) is 110 cm³/mol. The van der Waals surface area contributed by atoms with Crippen LogP contribution in [0.1, 0.15) is 33.2 Å². The number of benzene rings is 2. The summed E-state index contributed by atoms with van der Waals surface area (Å²) < 4.78 is 27.6. The maximum atomic E-state index is 13.8. The maximum absolute atomic E-state index is 13.8. The van der Waals surface area contributed by atoms with Gasteiger partial charge in [0, 0.05) is 29.1 Å². The Balaban J connectivity index is 1.60. The van der Waals surface area contributed by atoms with Crippen molar-refractivity contribution in [1.82, 2.24) is 15.8 Å². The van der Waals surface area contributed by atoms with E-state index in [1.54, 1.807) is 36.7 Å². The van der Waals surface area contributed by atoms with Crippen LogP contribution in [0.5, 0.6) is 0 Å². The molecule has 0 saturated carbocycles. The van der Waals surface area contributed by atoms with Gasteiger partial charge in [-0.1, -0.05) is 36.4 Å². The van der Waals surface area contributed by atoms with Crippen molar-refractivity contribution in [1.29, 1.82) is 0 Å². The molecular weight excluding hydrogens is 388 g/mol. The highest BCUT2D eigenvalue weighted by molar-refractivity contribution is 5.99. The van der Waals surface area contributed by atoms with E-state index in [-0.39, 0.29) is 11.1 Å². The van der Waals surface area contributed by atoms with Gasteiger partial charge < -0.3 is 0 Å². The van der Waals surface area contributed by atoms with Crippen LogP contribution in [0, 0.1) is 0 Å². The van der Waals surface area contributed by atoms with Gasteiger partial charge >= 0.3 is 0 Å². The number of pyridine rings is 1. The number of amides is 2. The Hall–Kier alpha value is -3.87. The van der Waals surface area contributed by atoms with Crippen molar-refractivity contribution >= 4 is 11.8 Å². The number of rotatable bonds is 5. The van der Waals surface area contributed by atoms with E-state index in [4.69, 9.17) is 0 Å². The number of carbonyl (C=O) groups excluding carboxylic acids is 2. The molecule has 2 aromatic carbocycles. The summed E-state index contributed by atoms with van der Waals surface area (Å²) in [7, 11) is 0. The number of hydrogen-bond acceptors (Lipinski definition) is 3. The Kier molecular flexibility index (Phi) is 6.32. The highest BCUT2D eigenvalue weighted by Crippen LogP contribution is 2.29. The van der Waals surface area contributed by atoms with Crippen LogP contribution in [0.2, 0.25) is 0 Å². The summed E-state index contributed by atoms with van der Waals surface area (Å²) in [5.41, 5.74) is 6.67. The quantitative estimate of drug-likeness (QED) is 0.484. The van der Waals surface area contributed by atoms with E-state index in [1.807, 2.05) is 12.1 Å². The third kappa shape index (κ3) is 4.94. The lowest BCUT2D eigenvalue weighted by molar-refractivity contribution is 0.0519. The molecule has 3 rings (SSSR count). The van der Waals surface area contributed by atoms with Crippen molar-refractivity contribution in [3.63, 3.8) is 0 Å². The molecule has 2 amide bonds. The average Bonchev–Trinajstić information content (AvgIpc) is 2.78. The Morgan fingerprint density at radius 1 is 0.867 bits per heavy atom. The number of aromatic nitrogens is 1. The molecule has 0 aliphatic rings. The monoisotopic (exact) mass is 407 g/mol. The molecule has 2 N–H and O–H groups in total. The van der Waals surface area contributed by atoms with Gasteiger partial charge in [0.05, 0.1) is 0 Å². The number of halogens is 2. The van der Waals surface area contributed by atoms with E-state index in [0.29, 0.717) is 5.56 Å². The highest BCUT2D eigenvalue weighted by Gasteiger charge is 2.27. The molecule has 0 unspecified atom stereocenters. The largest absolute Gasteiger partial charge is 0.291 e. The Bertz CT molecular complexity index is 1050. The van der Waals surface area contributed by atoms with Gasteiger partial charge in [0.15, 0.2) is 0 Å². The molecule has 30 heavy (non-hydrogen) atoms. The zero-order valence-corrected chi connectivity index (χ0v) is 16.1. The van der Waals surface area contributed by atoms with Gasteiger partial charge in [0.25, 0.3) is 17.7 Å². The molecule has 3 aromatic rings. The minimum Gasteiger partial charge on any atom is -0.267 e. The fourth-order valence-corrected chi connectivity index (χ4v) is 2.75. The van der Waals surface area contributed by atoms with Crippen LogP contribution in [0.15, 0.2) is 85.2 Å². The van der Waals surface area contributed by atoms with Crippen LogP contribution in [0.25, 0.3) is 11.1 Å². The molecule has 0 radical (unpaired) electrons. The molecule has 0 fully saturated rings. The first kappa shape index (κ1) is 20.9. The summed E-state index contributed by atoms with van der Waals surface area (Å²) >= 11 is 0. The van der Waals surface area contributed by atoms with Gasteiger partial charge in [-0.25, -0.2) is 0 Å². The Morgan fingerprint density at radius 3 is 1.93 bits per heavy atom. The van der Waals surface area contributed by atoms with Crippen molar-refractivity contribution in [3.05, 3.63) is 102 Å². The topological polar surface area (TPSA) is 71.1 Å². The molecule has 0 saturated heterocycles. The summed E-state index contributed by atoms with van der Waals surface area (Å²) in [6.07, 6.45) is 5.44. The predicted octanol–water partition coefficient (Wildman–Crippen LogP) is 4.49. The van der Waals surface area contributed by atoms with E-state index >= 15 is 0 Å². The second-order valence-corrected chi connectivity index (χ2v) is 6.43. The van der Waals surface area contributed by atoms with E-state index in [1.165, 1.54) is 37.3 Å². The summed E-state index contributed by atoms with van der Waals surface area (Å²) in [5.74, 6) is -4.23. The van der Waals surface area contributed by atoms with Gasteiger partial charge in [-0.2, -0.15) is 8.78 Å². The highest BCUT2D eigenvalue weighted by atomic mass is 19.3. The third-order valence-electron chi connectivity index (χ3n) is 4.34. The van der Waals surface area contributed by atoms with Crippen LogP contribution in [0.3, 0.4) is 0 Å². The molecule has 0 aliphatic heterocycles. The fourth-order valence-electron chi connectivity index (χ4n) is 2.75. The second-order valence-electron chi connectivity index (χ2n) is 6.43. The molecule has 7 heteroatoms. The van der Waals surface area contributed by atoms with Gasteiger partial charge in [0.1, 0.15) is 0 Å². The fraction of sp³-hybridized carbons (Fsp3) is 0.0870. The summed E-state index contributed by atoms with van der Waals surface area (Å²) in [5, 5.41) is 0. The van der Waals surface area contributed by atoms with Crippen molar-refractivity contribution in [2.75, 3.05) is 0 Å². The number of carbonyl (C=O) groups is 2. The number of alkyl halides is 2. The lowest BCUT2D eigenvalue weighted by Crippen LogP contribution is -2.41. The first-order valence-electron chi connectivity index (χ1n) is 9.14. The van der Waals surface area contributed by atoms with Crippen LogP contribution in [-0.2, 0) is 5.92 Å². The molecule has 0 atom stereocenters. The smallest absolute Gasteiger partial charge is 0.267 e. The number of allylic oxidation sites excluding steroid dienone is 2. The average molecular weight is 407 g/mol. The molecule has 1 heterocycles. The molecule has 0 spiro atoms. The van der Waals surface area contributed by atoms with Crippen LogP contribution in [-0.4, -0.2) is 16.8 Å². The van der Waals surface area contributed by atoms with E-state index in [9.17, 15) is 18.4 Å². The Labute approximate surface area is 172 Å². The standard InChI is InChI=1S/C23H19F2N3O2/c1-2-13-23(24,25)20-11-9-18(10-12-20)22(30)28-27-21(29)17-7-5-16(6-8-17)19-4-3-14-26-15-19/h2-15H,1H3,(H,27,29)(H,28,30)/b13-2+. The van der Waals surface area contributed by atoms with Crippen LogP contribution >= 0.6 is 0 Å². The van der Waals surface area contributed by atoms with Crippen molar-refractivity contribution in [2.45, 2.75) is 12.8 Å². The molecular formula is C23H19F2N3O2. The second kappa shape index (κ2) is 9.09. The lowest BCUT2D eigenvalue weighted by atomic mass is 10.1. The first-order chi connectivity index (χ1) is 14.4. The SMILES string of the molecule is C/C=C/C(F)(F)c1ccc(C(=O)NNC(=O)c2ccc(-c3cccnc3)cc2)cc1. The van der Waals surface area contributed by atoms with Gasteiger partial charge in [-0.3, -0.25) is 25.4 Å². The number of nitrogens with one attached hydrogen (secondary N) is 2. The minimum absolute atomic E-state index is 0.141. The molecule has 152 valence electrons. The lowest BCUT2D eigenvalue weighted by Gasteiger charge is -2.13. The van der Waals surface area contributed by atoms with E-state index in [0.717, 1.165) is 17.2 Å². The molecule has 5 nitrogen and oxygen atoms in total. The molecule has 0 bridgehead atoms. The zero-order chi connectivity index (χ0) is 21.6. The maximum Gasteiger partial charge on any atom is 0.291 e. The van der Waals surface area contributed by atoms with Crippen LogP contribution < -0.4 is 10.9 Å². The van der Waals surface area contributed by atoms with Crippen molar-refractivity contribution < 1.29 is 18.4 Å². The normalized spacial score (nSPS) is 11.3. The zero-order valence-electron chi connectivity index (χ0n) is 16.1. The van der Waals surface area contributed by atoms with E-state index in [2.05, 4.69) is 15.8 Å². The van der Waals surface area contributed by atoms with Crippen molar-refractivity contribution in [2.24, 2.45) is 0 Å². The Morgan fingerprint density at radius 2 is 1.43 bits per heavy atom. The van der Waals surface area contributed by atoms with E-state index < -0.39 is 17.7 Å². The summed E-state index contributed by atoms with van der Waals surface area (Å²) in [6, 6.07) is 15.4.